The van der Waals surface area contributed by atoms with Crippen LogP contribution in [0.15, 0.2) is 0 Å². The number of hydrogen-bond donors (Lipinski definition) is 0. The van der Waals surface area contributed by atoms with Crippen molar-refractivity contribution in [1.82, 2.24) is 0 Å². The van der Waals surface area contributed by atoms with Crippen LogP contribution >= 0.6 is 0 Å². The Bertz CT molecular complexity index is 179. The summed E-state index contributed by atoms with van der Waals surface area (Å²) in [6, 6.07) is 0. The molecule has 3 fully saturated rings. The maximum atomic E-state index is 11.2. The molecular formula is C8H10O. The highest BCUT2D eigenvalue weighted by Crippen LogP contribution is 2.61. The van der Waals surface area contributed by atoms with Gasteiger partial charge in [-0.3, -0.25) is 4.79 Å². The highest BCUT2D eigenvalue weighted by atomic mass is 16.1. The van der Waals surface area contributed by atoms with Crippen molar-refractivity contribution in [2.75, 3.05) is 0 Å². The van der Waals surface area contributed by atoms with E-state index in [0.29, 0.717) is 17.6 Å². The zero-order valence-corrected chi connectivity index (χ0v) is 5.34. The molecule has 0 aromatic heterocycles. The zero-order valence-electron chi connectivity index (χ0n) is 5.34. The lowest BCUT2D eigenvalue weighted by atomic mass is 9.63. The molecule has 0 aromatic carbocycles. The second-order valence-corrected chi connectivity index (χ2v) is 3.84. The summed E-state index contributed by atoms with van der Waals surface area (Å²) in [6.45, 7) is 0. The number of hydrogen-bond acceptors (Lipinski definition) is 1. The van der Waals surface area contributed by atoms with Gasteiger partial charge >= 0.3 is 0 Å². The minimum absolute atomic E-state index is 0.527. The van der Waals surface area contributed by atoms with Crippen molar-refractivity contribution in [2.45, 2.75) is 19.3 Å². The molecular weight excluding hydrogens is 112 g/mol. The molecule has 3 aliphatic rings. The Morgan fingerprint density at radius 1 is 1.22 bits per heavy atom. The lowest BCUT2D eigenvalue weighted by Crippen LogP contribution is -2.39. The van der Waals surface area contributed by atoms with Crippen molar-refractivity contribution < 1.29 is 4.79 Å². The Labute approximate surface area is 54.4 Å². The SMILES string of the molecule is O=C1[C@@H]2C[C@@H]3C[C@H]1[C@@H]3C2. The fourth-order valence-electron chi connectivity index (χ4n) is 3.09. The van der Waals surface area contributed by atoms with E-state index in [4.69, 9.17) is 0 Å². The third-order valence-electron chi connectivity index (χ3n) is 3.59. The first-order valence-electron chi connectivity index (χ1n) is 3.90. The number of carbonyl (C=O) groups is 1. The standard InChI is InChI=1S/C8H10O/c9-8-5-1-4-2-7(8)6(4)3-5/h4-7H,1-3H2/t4-,5-,6-,7+/m1/s1. The van der Waals surface area contributed by atoms with Gasteiger partial charge in [-0.25, -0.2) is 0 Å². The molecule has 0 N–H and O–H groups in total. The van der Waals surface area contributed by atoms with Crippen LogP contribution in [-0.2, 0) is 4.79 Å². The summed E-state index contributed by atoms with van der Waals surface area (Å²) < 4.78 is 0. The summed E-state index contributed by atoms with van der Waals surface area (Å²) >= 11 is 0. The van der Waals surface area contributed by atoms with Gasteiger partial charge in [0.1, 0.15) is 5.78 Å². The van der Waals surface area contributed by atoms with Crippen molar-refractivity contribution in [3.63, 3.8) is 0 Å². The summed E-state index contributed by atoms with van der Waals surface area (Å²) in [5.74, 6) is 3.54. The van der Waals surface area contributed by atoms with E-state index < -0.39 is 0 Å². The minimum Gasteiger partial charge on any atom is -0.299 e. The normalized spacial score (nSPS) is 60.2. The average Bonchev–Trinajstić information content (AvgIpc) is 2.20. The quantitative estimate of drug-likeness (QED) is 0.472. The summed E-state index contributed by atoms with van der Waals surface area (Å²) in [6.07, 6.45) is 3.76. The number of carbonyl (C=O) groups excluding carboxylic acids is 1. The van der Waals surface area contributed by atoms with E-state index in [9.17, 15) is 4.79 Å². The van der Waals surface area contributed by atoms with Gasteiger partial charge in [0.05, 0.1) is 0 Å². The van der Waals surface area contributed by atoms with E-state index in [1.54, 1.807) is 0 Å². The third-order valence-corrected chi connectivity index (χ3v) is 3.59. The van der Waals surface area contributed by atoms with Gasteiger partial charge in [0.15, 0.2) is 0 Å². The van der Waals surface area contributed by atoms with E-state index >= 15 is 0 Å². The smallest absolute Gasteiger partial charge is 0.139 e. The van der Waals surface area contributed by atoms with E-state index in [1.165, 1.54) is 19.3 Å². The van der Waals surface area contributed by atoms with E-state index in [0.717, 1.165) is 11.8 Å². The van der Waals surface area contributed by atoms with Crippen molar-refractivity contribution >= 4 is 5.78 Å². The Balaban J connectivity index is 2.09. The van der Waals surface area contributed by atoms with E-state index in [-0.39, 0.29) is 0 Å². The minimum atomic E-state index is 0.527. The molecule has 0 heterocycles. The van der Waals surface area contributed by atoms with Crippen molar-refractivity contribution in [1.29, 1.82) is 0 Å². The second kappa shape index (κ2) is 1.09. The van der Waals surface area contributed by atoms with Gasteiger partial charge in [-0.2, -0.15) is 0 Å². The van der Waals surface area contributed by atoms with Gasteiger partial charge in [0, 0.05) is 11.8 Å². The zero-order chi connectivity index (χ0) is 6.01. The van der Waals surface area contributed by atoms with Gasteiger partial charge in [0.25, 0.3) is 0 Å². The highest BCUT2D eigenvalue weighted by Gasteiger charge is 2.59. The van der Waals surface area contributed by atoms with E-state index in [1.807, 2.05) is 0 Å². The summed E-state index contributed by atoms with van der Waals surface area (Å²) in [5.41, 5.74) is 0. The van der Waals surface area contributed by atoms with Crippen LogP contribution in [0.3, 0.4) is 0 Å². The Morgan fingerprint density at radius 3 is 2.44 bits per heavy atom. The molecule has 0 unspecified atom stereocenters. The largest absolute Gasteiger partial charge is 0.299 e. The number of ketones is 1. The van der Waals surface area contributed by atoms with Crippen LogP contribution in [-0.4, -0.2) is 5.78 Å². The summed E-state index contributed by atoms with van der Waals surface area (Å²) in [5, 5.41) is 0. The number of fused-ring (bicyclic) bond motifs is 1. The van der Waals surface area contributed by atoms with Crippen LogP contribution in [0.5, 0.6) is 0 Å². The summed E-state index contributed by atoms with van der Waals surface area (Å²) in [4.78, 5) is 11.2. The van der Waals surface area contributed by atoms with Crippen LogP contribution in [0.2, 0.25) is 0 Å². The maximum absolute atomic E-state index is 11.2. The predicted octanol–water partition coefficient (Wildman–Crippen LogP) is 1.23. The second-order valence-electron chi connectivity index (χ2n) is 3.84. The molecule has 2 bridgehead atoms. The molecule has 0 amide bonds. The molecule has 9 heavy (non-hydrogen) atoms. The molecule has 0 aliphatic heterocycles. The first-order valence-corrected chi connectivity index (χ1v) is 3.90. The Kier molecular flexibility index (Phi) is 0.544. The molecule has 4 atom stereocenters. The molecule has 0 spiro atoms. The molecule has 3 rings (SSSR count). The number of rotatable bonds is 0. The van der Waals surface area contributed by atoms with Crippen LogP contribution < -0.4 is 0 Å². The van der Waals surface area contributed by atoms with Crippen molar-refractivity contribution in [2.24, 2.45) is 23.7 Å². The molecule has 1 heteroatoms. The molecule has 0 saturated heterocycles. The predicted molar refractivity (Wildman–Crippen MR) is 32.8 cm³/mol. The van der Waals surface area contributed by atoms with Crippen LogP contribution in [0.1, 0.15) is 19.3 Å². The fraction of sp³-hybridized carbons (Fsp3) is 0.875. The van der Waals surface area contributed by atoms with Crippen LogP contribution in [0, 0.1) is 23.7 Å². The monoisotopic (exact) mass is 122 g/mol. The van der Waals surface area contributed by atoms with Crippen LogP contribution in [0.25, 0.3) is 0 Å². The number of Topliss-reactive ketones (excluding diaryl/α,β-unsaturated/α-hetero) is 1. The molecule has 0 radical (unpaired) electrons. The first-order chi connectivity index (χ1) is 4.36. The van der Waals surface area contributed by atoms with Crippen molar-refractivity contribution in [3.05, 3.63) is 0 Å². The van der Waals surface area contributed by atoms with Crippen LogP contribution in [0.4, 0.5) is 0 Å². The Morgan fingerprint density at radius 2 is 2.11 bits per heavy atom. The average molecular weight is 122 g/mol. The van der Waals surface area contributed by atoms with Gasteiger partial charge in [-0.15, -0.1) is 0 Å². The topological polar surface area (TPSA) is 17.1 Å². The first kappa shape index (κ1) is 4.48. The molecule has 0 aromatic rings. The molecule has 48 valence electrons. The van der Waals surface area contributed by atoms with Gasteiger partial charge in [0.2, 0.25) is 0 Å². The van der Waals surface area contributed by atoms with E-state index in [2.05, 4.69) is 0 Å². The molecule has 3 saturated carbocycles. The van der Waals surface area contributed by atoms with Gasteiger partial charge < -0.3 is 0 Å². The maximum Gasteiger partial charge on any atom is 0.139 e. The molecule has 3 aliphatic carbocycles. The summed E-state index contributed by atoms with van der Waals surface area (Å²) in [7, 11) is 0. The van der Waals surface area contributed by atoms with Gasteiger partial charge in [-0.1, -0.05) is 0 Å². The highest BCUT2D eigenvalue weighted by molar-refractivity contribution is 5.88. The third kappa shape index (κ3) is 0.322. The lowest BCUT2D eigenvalue weighted by Gasteiger charge is -2.40. The van der Waals surface area contributed by atoms with Crippen molar-refractivity contribution in [3.8, 4) is 0 Å². The fourth-order valence-corrected chi connectivity index (χ4v) is 3.09. The lowest BCUT2D eigenvalue weighted by molar-refractivity contribution is -0.132. The molecule has 1 nitrogen and oxygen atoms in total. The van der Waals surface area contributed by atoms with Gasteiger partial charge in [-0.05, 0) is 31.1 Å². The Hall–Kier alpha value is -0.330.